The molecule has 0 amide bonds. The minimum atomic E-state index is -0.388. The molecule has 0 aliphatic rings. The van der Waals surface area contributed by atoms with Crippen molar-refractivity contribution in [3.05, 3.63) is 36.4 Å². The predicted octanol–water partition coefficient (Wildman–Crippen LogP) is 2.58. The molecule has 1 nitrogen and oxygen atoms in total. The Morgan fingerprint density at radius 2 is 2.10 bits per heavy atom. The summed E-state index contributed by atoms with van der Waals surface area (Å²) < 4.78 is 16.8. The van der Waals surface area contributed by atoms with E-state index in [1.165, 1.54) is 13.2 Å². The molecule has 0 spiro atoms. The maximum atomic E-state index is 12.3. The number of methoxy groups -OCH3 is 1. The van der Waals surface area contributed by atoms with Crippen LogP contribution in [-0.2, 0) is 4.74 Å². The average molecular weight is 142 g/mol. The number of allylic oxidation sites excluding steroid dienone is 5. The molecule has 0 fully saturated rings. The van der Waals surface area contributed by atoms with E-state index >= 15 is 0 Å². The summed E-state index contributed by atoms with van der Waals surface area (Å²) in [6, 6.07) is 0. The van der Waals surface area contributed by atoms with Gasteiger partial charge < -0.3 is 4.74 Å². The summed E-state index contributed by atoms with van der Waals surface area (Å²) >= 11 is 0. The number of rotatable bonds is 3. The van der Waals surface area contributed by atoms with Gasteiger partial charge in [0.1, 0.15) is 6.26 Å². The van der Waals surface area contributed by atoms with Gasteiger partial charge in [-0.3, -0.25) is 0 Å². The van der Waals surface area contributed by atoms with Crippen LogP contribution in [-0.4, -0.2) is 7.11 Å². The zero-order chi connectivity index (χ0) is 7.82. The van der Waals surface area contributed by atoms with Crippen LogP contribution in [0.25, 0.3) is 0 Å². The highest BCUT2D eigenvalue weighted by Gasteiger charge is 1.81. The van der Waals surface area contributed by atoms with Gasteiger partial charge >= 0.3 is 0 Å². The maximum absolute atomic E-state index is 12.3. The van der Waals surface area contributed by atoms with Crippen molar-refractivity contribution < 1.29 is 9.13 Å². The van der Waals surface area contributed by atoms with Gasteiger partial charge in [-0.1, -0.05) is 18.2 Å². The molecule has 0 aliphatic carbocycles. The van der Waals surface area contributed by atoms with Crippen LogP contribution in [0.1, 0.15) is 6.92 Å². The van der Waals surface area contributed by atoms with Gasteiger partial charge in [-0.05, 0) is 13.0 Å². The highest BCUT2D eigenvalue weighted by Crippen LogP contribution is 1.97. The molecule has 0 N–H and O–H groups in total. The van der Waals surface area contributed by atoms with E-state index in [9.17, 15) is 4.39 Å². The molecule has 0 heterocycles. The van der Waals surface area contributed by atoms with E-state index in [0.717, 1.165) is 6.26 Å². The molecule has 0 aromatic rings. The third kappa shape index (κ3) is 5.09. The van der Waals surface area contributed by atoms with Gasteiger partial charge in [0.05, 0.1) is 7.11 Å². The highest BCUT2D eigenvalue weighted by molar-refractivity contribution is 5.14. The Morgan fingerprint density at radius 1 is 1.40 bits per heavy atom. The van der Waals surface area contributed by atoms with Gasteiger partial charge in [0, 0.05) is 0 Å². The Balaban J connectivity index is 3.76. The Bertz CT molecular complexity index is 157. The highest BCUT2D eigenvalue weighted by atomic mass is 19.1. The van der Waals surface area contributed by atoms with Crippen molar-refractivity contribution in [2.75, 3.05) is 7.11 Å². The third-order valence-corrected chi connectivity index (χ3v) is 0.789. The van der Waals surface area contributed by atoms with Crippen LogP contribution in [0.15, 0.2) is 36.4 Å². The Labute approximate surface area is 60.5 Å². The van der Waals surface area contributed by atoms with E-state index < -0.39 is 0 Å². The summed E-state index contributed by atoms with van der Waals surface area (Å²) in [6.07, 6.45) is 7.52. The van der Waals surface area contributed by atoms with E-state index in [1.54, 1.807) is 12.2 Å². The van der Waals surface area contributed by atoms with Crippen molar-refractivity contribution in [2.45, 2.75) is 6.92 Å². The molecule has 0 atom stereocenters. The fraction of sp³-hybridized carbons (Fsp3) is 0.250. The average Bonchev–Trinajstić information content (AvgIpc) is 1.89. The first kappa shape index (κ1) is 8.95. The standard InChI is InChI=1S/C8H11FO/c1-3-4-5-6-8(9)7-10-2/h3-7H,1-2H3/b4-3-,6-5-,8-7-. The van der Waals surface area contributed by atoms with Crippen LogP contribution in [0.2, 0.25) is 0 Å². The van der Waals surface area contributed by atoms with Crippen molar-refractivity contribution in [1.29, 1.82) is 0 Å². The van der Waals surface area contributed by atoms with Gasteiger partial charge in [-0.25, -0.2) is 4.39 Å². The summed E-state index contributed by atoms with van der Waals surface area (Å²) in [4.78, 5) is 0. The lowest BCUT2D eigenvalue weighted by Gasteiger charge is -1.85. The van der Waals surface area contributed by atoms with E-state index in [0.29, 0.717) is 0 Å². The molecule has 10 heavy (non-hydrogen) atoms. The number of ether oxygens (including phenoxy) is 1. The van der Waals surface area contributed by atoms with E-state index in [4.69, 9.17) is 0 Å². The summed E-state index contributed by atoms with van der Waals surface area (Å²) in [7, 11) is 1.41. The molecular formula is C8H11FO. The SMILES string of the molecule is C\C=C/C=C\C(F)=C\OC. The van der Waals surface area contributed by atoms with Crippen molar-refractivity contribution >= 4 is 0 Å². The van der Waals surface area contributed by atoms with Gasteiger partial charge in [0.15, 0.2) is 5.83 Å². The second kappa shape index (κ2) is 6.08. The monoisotopic (exact) mass is 142 g/mol. The van der Waals surface area contributed by atoms with Gasteiger partial charge in [0.2, 0.25) is 0 Å². The van der Waals surface area contributed by atoms with Crippen molar-refractivity contribution in [2.24, 2.45) is 0 Å². The zero-order valence-electron chi connectivity index (χ0n) is 6.17. The molecule has 0 bridgehead atoms. The van der Waals surface area contributed by atoms with Gasteiger partial charge in [-0.15, -0.1) is 0 Å². The molecule has 0 radical (unpaired) electrons. The van der Waals surface area contributed by atoms with Crippen LogP contribution in [0.5, 0.6) is 0 Å². The minimum Gasteiger partial charge on any atom is -0.501 e. The summed E-state index contributed by atoms with van der Waals surface area (Å²) in [5.74, 6) is -0.388. The second-order valence-electron chi connectivity index (χ2n) is 1.62. The fourth-order valence-electron chi connectivity index (χ4n) is 0.410. The molecule has 0 aromatic carbocycles. The molecule has 0 saturated heterocycles. The van der Waals surface area contributed by atoms with Gasteiger partial charge in [-0.2, -0.15) is 0 Å². The number of hydrogen-bond acceptors (Lipinski definition) is 1. The first-order chi connectivity index (χ1) is 4.81. The molecule has 2 heteroatoms. The van der Waals surface area contributed by atoms with E-state index in [-0.39, 0.29) is 5.83 Å². The lowest BCUT2D eigenvalue weighted by Crippen LogP contribution is -1.68. The normalized spacial score (nSPS) is 13.3. The summed E-state index contributed by atoms with van der Waals surface area (Å²) in [5.41, 5.74) is 0. The molecular weight excluding hydrogens is 131 g/mol. The van der Waals surface area contributed by atoms with Crippen LogP contribution < -0.4 is 0 Å². The first-order valence-electron chi connectivity index (χ1n) is 2.99. The van der Waals surface area contributed by atoms with Gasteiger partial charge in [0.25, 0.3) is 0 Å². The lowest BCUT2D eigenvalue weighted by atomic mass is 10.4. The molecule has 0 aliphatic heterocycles. The minimum absolute atomic E-state index is 0.388. The number of halogens is 1. The maximum Gasteiger partial charge on any atom is 0.157 e. The summed E-state index contributed by atoms with van der Waals surface area (Å²) in [5, 5.41) is 0. The molecule has 0 rings (SSSR count). The quantitative estimate of drug-likeness (QED) is 0.434. The van der Waals surface area contributed by atoms with Crippen LogP contribution in [0.4, 0.5) is 4.39 Å². The zero-order valence-corrected chi connectivity index (χ0v) is 6.17. The van der Waals surface area contributed by atoms with Crippen LogP contribution in [0.3, 0.4) is 0 Å². The Kier molecular flexibility index (Phi) is 5.44. The Hall–Kier alpha value is -1.05. The van der Waals surface area contributed by atoms with Crippen molar-refractivity contribution in [3.63, 3.8) is 0 Å². The second-order valence-corrected chi connectivity index (χ2v) is 1.62. The number of hydrogen-bond donors (Lipinski definition) is 0. The largest absolute Gasteiger partial charge is 0.501 e. The van der Waals surface area contributed by atoms with Crippen molar-refractivity contribution in [3.8, 4) is 0 Å². The molecule has 56 valence electrons. The first-order valence-corrected chi connectivity index (χ1v) is 2.99. The van der Waals surface area contributed by atoms with E-state index in [2.05, 4.69) is 4.74 Å². The van der Waals surface area contributed by atoms with Crippen molar-refractivity contribution in [1.82, 2.24) is 0 Å². The smallest absolute Gasteiger partial charge is 0.157 e. The fourth-order valence-corrected chi connectivity index (χ4v) is 0.410. The topological polar surface area (TPSA) is 9.23 Å². The third-order valence-electron chi connectivity index (χ3n) is 0.789. The Morgan fingerprint density at radius 3 is 2.60 bits per heavy atom. The van der Waals surface area contributed by atoms with E-state index in [1.807, 2.05) is 13.0 Å². The van der Waals surface area contributed by atoms with Crippen LogP contribution >= 0.6 is 0 Å². The lowest BCUT2D eigenvalue weighted by molar-refractivity contribution is 0.325. The molecule has 0 unspecified atom stereocenters. The molecule has 0 aromatic heterocycles. The van der Waals surface area contributed by atoms with Crippen LogP contribution in [0, 0.1) is 0 Å². The molecule has 0 saturated carbocycles. The summed E-state index contributed by atoms with van der Waals surface area (Å²) in [6.45, 7) is 1.86. The predicted molar refractivity (Wildman–Crippen MR) is 40.2 cm³/mol.